The highest BCUT2D eigenvalue weighted by Gasteiger charge is 2.07. The largest absolute Gasteiger partial charge is 0.398 e. The van der Waals surface area contributed by atoms with Crippen molar-refractivity contribution in [3.8, 4) is 0 Å². The van der Waals surface area contributed by atoms with Crippen molar-refractivity contribution < 1.29 is 4.79 Å². The van der Waals surface area contributed by atoms with Crippen molar-refractivity contribution in [3.05, 3.63) is 53.1 Å². The molecule has 0 aromatic heterocycles. The van der Waals surface area contributed by atoms with Crippen LogP contribution in [0, 0.1) is 0 Å². The third-order valence-corrected chi connectivity index (χ3v) is 3.59. The van der Waals surface area contributed by atoms with E-state index < -0.39 is 5.91 Å². The number of anilines is 1. The van der Waals surface area contributed by atoms with Gasteiger partial charge in [-0.3, -0.25) is 4.79 Å². The van der Waals surface area contributed by atoms with Gasteiger partial charge in [-0.25, -0.2) is 0 Å². The molecule has 2 aromatic carbocycles. The predicted octanol–water partition coefficient (Wildman–Crippen LogP) is 3.17. The fraction of sp³-hybridized carbons (Fsp3) is 0. The van der Waals surface area contributed by atoms with Crippen LogP contribution in [-0.2, 0) is 0 Å². The molecule has 0 bridgehead atoms. The van der Waals surface area contributed by atoms with Crippen LogP contribution in [0.5, 0.6) is 0 Å². The van der Waals surface area contributed by atoms with Gasteiger partial charge in [-0.1, -0.05) is 23.4 Å². The molecule has 4 N–H and O–H groups in total. The van der Waals surface area contributed by atoms with Crippen LogP contribution in [0.25, 0.3) is 0 Å². The van der Waals surface area contributed by atoms with E-state index in [1.54, 1.807) is 12.1 Å². The number of carbonyl (C=O) groups excluding carboxylic acids is 1. The molecular weight excluding hydrogens is 268 g/mol. The number of hydrogen-bond donors (Lipinski definition) is 2. The third kappa shape index (κ3) is 2.97. The Balaban J connectivity index is 2.27. The molecule has 0 saturated heterocycles. The standard InChI is InChI=1S/C13H11ClN2OS/c14-8-1-3-9(4-2-8)18-10-5-6-12(15)11(7-10)13(16)17/h1-7H,15H2,(H2,16,17). The number of carbonyl (C=O) groups is 1. The van der Waals surface area contributed by atoms with Gasteiger partial charge < -0.3 is 11.5 Å². The van der Waals surface area contributed by atoms with Crippen LogP contribution in [-0.4, -0.2) is 5.91 Å². The Morgan fingerprint density at radius 2 is 1.67 bits per heavy atom. The summed E-state index contributed by atoms with van der Waals surface area (Å²) in [6.45, 7) is 0. The molecule has 0 saturated carbocycles. The van der Waals surface area contributed by atoms with Gasteiger partial charge in [-0.2, -0.15) is 0 Å². The lowest BCUT2D eigenvalue weighted by Gasteiger charge is -2.06. The van der Waals surface area contributed by atoms with Crippen LogP contribution in [0.1, 0.15) is 10.4 Å². The molecule has 0 atom stereocenters. The SMILES string of the molecule is NC(=O)c1cc(Sc2ccc(Cl)cc2)ccc1N. The highest BCUT2D eigenvalue weighted by atomic mass is 35.5. The summed E-state index contributed by atoms with van der Waals surface area (Å²) in [6.07, 6.45) is 0. The number of benzene rings is 2. The van der Waals surface area contributed by atoms with Gasteiger partial charge in [-0.05, 0) is 42.5 Å². The van der Waals surface area contributed by atoms with E-state index >= 15 is 0 Å². The van der Waals surface area contributed by atoms with Gasteiger partial charge in [0.1, 0.15) is 0 Å². The molecule has 92 valence electrons. The van der Waals surface area contributed by atoms with Gasteiger partial charge in [0.25, 0.3) is 5.91 Å². The van der Waals surface area contributed by atoms with Gasteiger partial charge >= 0.3 is 0 Å². The van der Waals surface area contributed by atoms with E-state index in [9.17, 15) is 4.79 Å². The van der Waals surface area contributed by atoms with E-state index in [0.717, 1.165) is 9.79 Å². The molecule has 2 rings (SSSR count). The molecule has 0 unspecified atom stereocenters. The molecule has 18 heavy (non-hydrogen) atoms. The van der Waals surface area contributed by atoms with Crippen molar-refractivity contribution in [2.45, 2.75) is 9.79 Å². The second-order valence-electron chi connectivity index (χ2n) is 3.67. The summed E-state index contributed by atoms with van der Waals surface area (Å²) in [5.41, 5.74) is 11.7. The van der Waals surface area contributed by atoms with Crippen molar-refractivity contribution in [2.24, 2.45) is 5.73 Å². The summed E-state index contributed by atoms with van der Waals surface area (Å²) in [5, 5.41) is 0.689. The Morgan fingerprint density at radius 3 is 2.28 bits per heavy atom. The van der Waals surface area contributed by atoms with Crippen LogP contribution >= 0.6 is 23.4 Å². The van der Waals surface area contributed by atoms with E-state index in [-0.39, 0.29) is 0 Å². The lowest BCUT2D eigenvalue weighted by atomic mass is 10.2. The Bertz CT molecular complexity index is 584. The van der Waals surface area contributed by atoms with Gasteiger partial charge in [0.05, 0.1) is 5.56 Å². The number of amides is 1. The highest BCUT2D eigenvalue weighted by Crippen LogP contribution is 2.30. The molecule has 0 aliphatic carbocycles. The fourth-order valence-electron chi connectivity index (χ4n) is 1.45. The fourth-order valence-corrected chi connectivity index (χ4v) is 2.43. The maximum absolute atomic E-state index is 11.2. The lowest BCUT2D eigenvalue weighted by Crippen LogP contribution is -2.13. The van der Waals surface area contributed by atoms with Gasteiger partial charge in [-0.15, -0.1) is 0 Å². The molecule has 0 aliphatic rings. The molecule has 3 nitrogen and oxygen atoms in total. The van der Waals surface area contributed by atoms with E-state index in [2.05, 4.69) is 0 Å². The Labute approximate surface area is 114 Å². The van der Waals surface area contributed by atoms with Crippen LogP contribution < -0.4 is 11.5 Å². The van der Waals surface area contributed by atoms with Gasteiger partial charge in [0.15, 0.2) is 0 Å². The zero-order valence-corrected chi connectivity index (χ0v) is 11.0. The van der Waals surface area contributed by atoms with E-state index in [1.165, 1.54) is 11.8 Å². The molecule has 0 spiro atoms. The van der Waals surface area contributed by atoms with Crippen LogP contribution in [0.2, 0.25) is 5.02 Å². The topological polar surface area (TPSA) is 69.1 Å². The number of nitrogen functional groups attached to an aromatic ring is 1. The van der Waals surface area contributed by atoms with Gasteiger partial charge in [0, 0.05) is 20.5 Å². The second-order valence-corrected chi connectivity index (χ2v) is 5.25. The van der Waals surface area contributed by atoms with Crippen LogP contribution in [0.4, 0.5) is 5.69 Å². The number of halogens is 1. The molecule has 0 heterocycles. The Morgan fingerprint density at radius 1 is 1.06 bits per heavy atom. The number of primary amides is 1. The third-order valence-electron chi connectivity index (χ3n) is 2.34. The number of nitrogens with two attached hydrogens (primary N) is 2. The van der Waals surface area contributed by atoms with Crippen molar-refractivity contribution in [2.75, 3.05) is 5.73 Å². The van der Waals surface area contributed by atoms with E-state index in [1.807, 2.05) is 30.3 Å². The smallest absolute Gasteiger partial charge is 0.250 e. The molecule has 5 heteroatoms. The maximum atomic E-state index is 11.2. The van der Waals surface area contributed by atoms with Crippen molar-refractivity contribution in [1.29, 1.82) is 0 Å². The summed E-state index contributed by atoms with van der Waals surface area (Å²) in [7, 11) is 0. The normalized spacial score (nSPS) is 10.3. The molecule has 2 aromatic rings. The van der Waals surface area contributed by atoms with Crippen LogP contribution in [0.3, 0.4) is 0 Å². The Kier molecular flexibility index (Phi) is 3.79. The van der Waals surface area contributed by atoms with E-state index in [0.29, 0.717) is 16.3 Å². The minimum absolute atomic E-state index is 0.342. The minimum atomic E-state index is -0.522. The zero-order valence-electron chi connectivity index (χ0n) is 9.39. The van der Waals surface area contributed by atoms with Crippen LogP contribution in [0.15, 0.2) is 52.3 Å². The quantitative estimate of drug-likeness (QED) is 0.847. The highest BCUT2D eigenvalue weighted by molar-refractivity contribution is 7.99. The number of rotatable bonds is 3. The average Bonchev–Trinajstić information content (AvgIpc) is 2.34. The van der Waals surface area contributed by atoms with Gasteiger partial charge in [0.2, 0.25) is 0 Å². The molecule has 1 amide bonds. The first kappa shape index (κ1) is 12.8. The molecular formula is C13H11ClN2OS. The zero-order chi connectivity index (χ0) is 13.1. The van der Waals surface area contributed by atoms with E-state index in [4.69, 9.17) is 23.1 Å². The molecule has 0 radical (unpaired) electrons. The van der Waals surface area contributed by atoms with Crippen molar-refractivity contribution >= 4 is 35.0 Å². The summed E-state index contributed by atoms with van der Waals surface area (Å²) in [5.74, 6) is -0.522. The summed E-state index contributed by atoms with van der Waals surface area (Å²) >= 11 is 7.33. The molecule has 0 fully saturated rings. The van der Waals surface area contributed by atoms with Crippen molar-refractivity contribution in [1.82, 2.24) is 0 Å². The average molecular weight is 279 g/mol. The Hall–Kier alpha value is -1.65. The summed E-state index contributed by atoms with van der Waals surface area (Å²) in [6, 6.07) is 12.7. The first-order chi connectivity index (χ1) is 8.56. The minimum Gasteiger partial charge on any atom is -0.398 e. The first-order valence-corrected chi connectivity index (χ1v) is 6.38. The lowest BCUT2D eigenvalue weighted by molar-refractivity contribution is 0.100. The number of hydrogen-bond acceptors (Lipinski definition) is 3. The summed E-state index contributed by atoms with van der Waals surface area (Å²) < 4.78 is 0. The molecule has 0 aliphatic heterocycles. The maximum Gasteiger partial charge on any atom is 0.250 e. The second kappa shape index (κ2) is 5.33. The predicted molar refractivity (Wildman–Crippen MR) is 74.9 cm³/mol. The summed E-state index contributed by atoms with van der Waals surface area (Å²) in [4.78, 5) is 13.1. The van der Waals surface area contributed by atoms with Crippen molar-refractivity contribution in [3.63, 3.8) is 0 Å². The first-order valence-electron chi connectivity index (χ1n) is 5.19. The monoisotopic (exact) mass is 278 g/mol.